The van der Waals surface area contributed by atoms with Gasteiger partial charge in [-0.2, -0.15) is 0 Å². The van der Waals surface area contributed by atoms with Crippen LogP contribution in [0.25, 0.3) is 5.32 Å². The molecule has 1 unspecified atom stereocenters. The third-order valence-corrected chi connectivity index (χ3v) is 4.85. The second kappa shape index (κ2) is 9.08. The van der Waals surface area contributed by atoms with Gasteiger partial charge in [0.2, 0.25) is 5.91 Å². The van der Waals surface area contributed by atoms with Gasteiger partial charge in [0.1, 0.15) is 0 Å². The van der Waals surface area contributed by atoms with Gasteiger partial charge in [0.15, 0.2) is 0 Å². The molecular weight excluding hydrogens is 405 g/mol. The van der Waals surface area contributed by atoms with Crippen molar-refractivity contribution >= 4 is 28.9 Å². The van der Waals surface area contributed by atoms with E-state index in [9.17, 15) is 14.4 Å². The van der Waals surface area contributed by atoms with E-state index >= 15 is 0 Å². The maximum absolute atomic E-state index is 12.0. The zero-order valence-electron chi connectivity index (χ0n) is 13.1. The van der Waals surface area contributed by atoms with Gasteiger partial charge in [0.05, 0.1) is 17.4 Å². The molecule has 0 spiro atoms. The van der Waals surface area contributed by atoms with Crippen molar-refractivity contribution in [3.05, 3.63) is 40.7 Å². The third-order valence-electron chi connectivity index (χ3n) is 3.87. The van der Waals surface area contributed by atoms with E-state index in [1.807, 2.05) is 0 Å². The van der Waals surface area contributed by atoms with Crippen molar-refractivity contribution in [2.45, 2.75) is 30.6 Å². The number of hydrogen-bond donors (Lipinski definition) is 1. The molecule has 2 amide bonds. The van der Waals surface area contributed by atoms with Gasteiger partial charge in [0.25, 0.3) is 5.24 Å². The molecule has 0 saturated carbocycles. The molecule has 2 saturated heterocycles. The molecule has 8 heteroatoms. The van der Waals surface area contributed by atoms with E-state index in [0.29, 0.717) is 18.6 Å². The van der Waals surface area contributed by atoms with Crippen LogP contribution in [0.4, 0.5) is 4.79 Å². The van der Waals surface area contributed by atoms with Crippen molar-refractivity contribution < 1.29 is 51.8 Å². The molecule has 2 aliphatic rings. The summed E-state index contributed by atoms with van der Waals surface area (Å²) in [5, 5.41) is 5.90. The number of amides is 2. The van der Waals surface area contributed by atoms with E-state index in [0.717, 1.165) is 36.7 Å². The molecule has 0 bridgehead atoms. The summed E-state index contributed by atoms with van der Waals surface area (Å²) < 4.78 is 5.27. The topological polar surface area (TPSA) is 86.6 Å². The first-order valence-corrected chi connectivity index (χ1v) is 8.44. The smallest absolute Gasteiger partial charge is 0.338 e. The summed E-state index contributed by atoms with van der Waals surface area (Å²) in [6, 6.07) is 7.07. The van der Waals surface area contributed by atoms with Gasteiger partial charge in [-0.05, 0) is 24.1 Å². The quantitative estimate of drug-likeness (QED) is 0.736. The molecule has 0 aliphatic carbocycles. The van der Waals surface area contributed by atoms with Crippen molar-refractivity contribution in [2.75, 3.05) is 13.2 Å². The molecule has 3 rings (SSSR count). The zero-order valence-corrected chi connectivity index (χ0v) is 16.7. The van der Waals surface area contributed by atoms with Crippen molar-refractivity contribution in [3.63, 3.8) is 0 Å². The Balaban J connectivity index is 0.00000208. The Morgan fingerprint density at radius 3 is 2.62 bits per heavy atom. The first-order chi connectivity index (χ1) is 11.1. The monoisotopic (exact) mass is 422 g/mol. The first-order valence-electron chi connectivity index (χ1n) is 7.56. The minimum Gasteiger partial charge on any atom is -0.657 e. The van der Waals surface area contributed by atoms with Gasteiger partial charge >= 0.3 is 5.97 Å². The molecule has 2 fully saturated rings. The Morgan fingerprint density at radius 1 is 1.29 bits per heavy atom. The number of rotatable bonds is 5. The van der Waals surface area contributed by atoms with Gasteiger partial charge in [-0.3, -0.25) is 14.9 Å². The standard InChI is InChI=1S/C16H17N2O4S.Y/c19-14-13(23-16(21)18-14)8-10-3-5-11(6-4-10)15(20)22-9-12-2-1-7-17-12;/h3-6,12-13H,1-2,7-9H2,(H,18,19,21);/q-1;/t12-,13?;/m1./s1. The molecule has 6 nitrogen and oxygen atoms in total. The van der Waals surface area contributed by atoms with E-state index in [1.54, 1.807) is 24.3 Å². The van der Waals surface area contributed by atoms with E-state index in [1.165, 1.54) is 0 Å². The van der Waals surface area contributed by atoms with Crippen LogP contribution in [0.2, 0.25) is 0 Å². The Hall–Kier alpha value is -0.756. The van der Waals surface area contributed by atoms with Crippen molar-refractivity contribution in [3.8, 4) is 0 Å². The number of benzene rings is 1. The van der Waals surface area contributed by atoms with E-state index in [2.05, 4.69) is 10.6 Å². The van der Waals surface area contributed by atoms with E-state index < -0.39 is 5.25 Å². The van der Waals surface area contributed by atoms with Crippen LogP contribution < -0.4 is 5.32 Å². The van der Waals surface area contributed by atoms with Gasteiger partial charge < -0.3 is 10.1 Å². The average molecular weight is 422 g/mol. The Labute approximate surface area is 169 Å². The van der Waals surface area contributed by atoms with Gasteiger partial charge in [-0.1, -0.05) is 36.7 Å². The number of nitrogens with one attached hydrogen (secondary N) is 1. The van der Waals surface area contributed by atoms with Crippen LogP contribution in [0.1, 0.15) is 28.8 Å². The number of hydrogen-bond acceptors (Lipinski definition) is 5. The molecule has 1 N–H and O–H groups in total. The number of thioether (sulfide) groups is 1. The SMILES string of the molecule is O=C1NC(=O)C(Cc2ccc(C(=O)OC[C@H]3CCC[N-]3)cc2)S1.[Y]. The molecule has 0 aromatic heterocycles. The molecular formula is C16H17N2O4SY-. The van der Waals surface area contributed by atoms with E-state index in [-0.39, 0.29) is 55.9 Å². The molecule has 24 heavy (non-hydrogen) atoms. The molecule has 2 atom stereocenters. The summed E-state index contributed by atoms with van der Waals surface area (Å²) in [4.78, 5) is 34.7. The third kappa shape index (κ3) is 5.12. The normalized spacial score (nSPS) is 22.8. The molecule has 1 radical (unpaired) electrons. The van der Waals surface area contributed by atoms with Gasteiger partial charge in [-0.25, -0.2) is 4.79 Å². The fraction of sp³-hybridized carbons (Fsp3) is 0.438. The summed E-state index contributed by atoms with van der Waals surface area (Å²) in [6.45, 7) is 1.19. The molecule has 2 heterocycles. The number of ether oxygens (including phenoxy) is 1. The maximum Gasteiger partial charge on any atom is 0.338 e. The minimum atomic E-state index is -0.399. The van der Waals surface area contributed by atoms with E-state index in [4.69, 9.17) is 4.74 Å². The summed E-state index contributed by atoms with van der Waals surface area (Å²) in [7, 11) is 0. The Kier molecular flexibility index (Phi) is 7.41. The Bertz CT molecular complexity index is 617. The fourth-order valence-corrected chi connectivity index (χ4v) is 3.46. The molecule has 2 aliphatic heterocycles. The summed E-state index contributed by atoms with van der Waals surface area (Å²) in [5.41, 5.74) is 1.38. The van der Waals surface area contributed by atoms with Crippen molar-refractivity contribution in [2.24, 2.45) is 0 Å². The Morgan fingerprint density at radius 2 is 2.04 bits per heavy atom. The maximum atomic E-state index is 12.0. The number of carbonyl (C=O) groups is 3. The number of esters is 1. The van der Waals surface area contributed by atoms with Crippen LogP contribution in [-0.2, 0) is 48.7 Å². The van der Waals surface area contributed by atoms with Crippen LogP contribution in [0.5, 0.6) is 0 Å². The van der Waals surface area contributed by atoms with Crippen LogP contribution in [0, 0.1) is 0 Å². The van der Waals surface area contributed by atoms with Crippen LogP contribution >= 0.6 is 11.8 Å². The average Bonchev–Trinajstić information content (AvgIpc) is 3.16. The predicted molar refractivity (Wildman–Crippen MR) is 86.6 cm³/mol. The number of carbonyl (C=O) groups excluding carboxylic acids is 3. The van der Waals surface area contributed by atoms with Gasteiger partial charge in [0, 0.05) is 32.7 Å². The molecule has 125 valence electrons. The van der Waals surface area contributed by atoms with Crippen molar-refractivity contribution in [1.29, 1.82) is 0 Å². The molecule has 1 aromatic rings. The predicted octanol–water partition coefficient (Wildman–Crippen LogP) is 2.27. The largest absolute Gasteiger partial charge is 0.657 e. The van der Waals surface area contributed by atoms with Crippen molar-refractivity contribution in [1.82, 2.24) is 5.32 Å². The minimum absolute atomic E-state index is 0. The number of nitrogens with zero attached hydrogens (tertiary/aromatic N) is 1. The molecule has 1 aromatic carbocycles. The van der Waals surface area contributed by atoms with Crippen LogP contribution in [-0.4, -0.2) is 41.6 Å². The fourth-order valence-electron chi connectivity index (χ4n) is 2.60. The number of imide groups is 1. The second-order valence-electron chi connectivity index (χ2n) is 5.58. The first kappa shape index (κ1) is 19.6. The second-order valence-corrected chi connectivity index (χ2v) is 6.76. The zero-order chi connectivity index (χ0) is 16.2. The summed E-state index contributed by atoms with van der Waals surface area (Å²) in [5.74, 6) is -0.620. The summed E-state index contributed by atoms with van der Waals surface area (Å²) >= 11 is 1.000. The van der Waals surface area contributed by atoms with Crippen LogP contribution in [0.15, 0.2) is 24.3 Å². The van der Waals surface area contributed by atoms with Crippen LogP contribution in [0.3, 0.4) is 0 Å². The van der Waals surface area contributed by atoms with Gasteiger partial charge in [-0.15, -0.1) is 12.6 Å². The summed E-state index contributed by atoms with van der Waals surface area (Å²) in [6.07, 6.45) is 2.50.